The van der Waals surface area contributed by atoms with Gasteiger partial charge in [0.1, 0.15) is 5.82 Å². The van der Waals surface area contributed by atoms with Gasteiger partial charge in [-0.15, -0.1) is 0 Å². The zero-order valence-corrected chi connectivity index (χ0v) is 10.9. The number of hydrogen-bond donors (Lipinski definition) is 1. The van der Waals surface area contributed by atoms with E-state index in [1.807, 2.05) is 19.3 Å². The van der Waals surface area contributed by atoms with E-state index in [2.05, 4.69) is 35.3 Å². The van der Waals surface area contributed by atoms with E-state index in [0.717, 1.165) is 32.0 Å². The van der Waals surface area contributed by atoms with Gasteiger partial charge in [-0.25, -0.2) is 4.98 Å². The molecule has 1 aromatic heterocycles. The second-order valence-electron chi connectivity index (χ2n) is 5.27. The van der Waals surface area contributed by atoms with Crippen molar-refractivity contribution in [3.63, 3.8) is 0 Å². The summed E-state index contributed by atoms with van der Waals surface area (Å²) in [6, 6.07) is 0. The van der Waals surface area contributed by atoms with Crippen LogP contribution in [0.15, 0.2) is 12.4 Å². The van der Waals surface area contributed by atoms with Crippen molar-refractivity contribution < 1.29 is 0 Å². The summed E-state index contributed by atoms with van der Waals surface area (Å²) in [7, 11) is 2.14. The molecule has 0 radical (unpaired) electrons. The Balaban J connectivity index is 2.36. The summed E-state index contributed by atoms with van der Waals surface area (Å²) >= 11 is 0. The molecule has 4 heteroatoms. The molecule has 0 unspecified atom stereocenters. The van der Waals surface area contributed by atoms with Gasteiger partial charge in [-0.2, -0.15) is 0 Å². The summed E-state index contributed by atoms with van der Waals surface area (Å²) in [5, 5.41) is 0. The number of nitrogens with zero attached hydrogens (tertiary/aromatic N) is 3. The highest BCUT2D eigenvalue weighted by molar-refractivity contribution is 4.88. The van der Waals surface area contributed by atoms with Gasteiger partial charge in [0.25, 0.3) is 0 Å². The Kier molecular flexibility index (Phi) is 4.50. The number of aryl methyl sites for hydroxylation is 1. The molecule has 1 rings (SSSR count). The molecule has 0 bridgehead atoms. The Bertz CT molecular complexity index is 317. The first-order chi connectivity index (χ1) is 7.44. The summed E-state index contributed by atoms with van der Waals surface area (Å²) in [6.45, 7) is 10.2. The highest BCUT2D eigenvalue weighted by atomic mass is 15.1. The second-order valence-corrected chi connectivity index (χ2v) is 5.27. The monoisotopic (exact) mass is 224 g/mol. The van der Waals surface area contributed by atoms with Gasteiger partial charge in [-0.1, -0.05) is 13.8 Å². The third-order valence-electron chi connectivity index (χ3n) is 2.90. The van der Waals surface area contributed by atoms with Crippen LogP contribution >= 0.6 is 0 Å². The van der Waals surface area contributed by atoms with Crippen LogP contribution in [-0.4, -0.2) is 41.1 Å². The van der Waals surface area contributed by atoms with Crippen molar-refractivity contribution in [3.05, 3.63) is 18.2 Å². The van der Waals surface area contributed by atoms with Gasteiger partial charge < -0.3 is 15.2 Å². The number of likely N-dealkylation sites (N-methyl/N-ethyl adjacent to an activating group) is 1. The largest absolute Gasteiger partial charge is 0.334 e. The topological polar surface area (TPSA) is 47.1 Å². The Morgan fingerprint density at radius 1 is 1.50 bits per heavy atom. The van der Waals surface area contributed by atoms with Crippen LogP contribution in [-0.2, 0) is 6.54 Å². The van der Waals surface area contributed by atoms with Crippen LogP contribution < -0.4 is 5.73 Å². The van der Waals surface area contributed by atoms with Crippen LogP contribution in [0.3, 0.4) is 0 Å². The van der Waals surface area contributed by atoms with E-state index in [1.54, 1.807) is 0 Å². The van der Waals surface area contributed by atoms with Crippen molar-refractivity contribution in [2.24, 2.45) is 11.1 Å². The average Bonchev–Trinajstić information content (AvgIpc) is 2.60. The molecule has 0 amide bonds. The number of aromatic nitrogens is 2. The SMILES string of the molecule is Cc1nccn1CCN(C)CC(C)(C)CN. The molecule has 4 nitrogen and oxygen atoms in total. The predicted octanol–water partition coefficient (Wildman–Crippen LogP) is 1.11. The smallest absolute Gasteiger partial charge is 0.105 e. The van der Waals surface area contributed by atoms with E-state index in [9.17, 15) is 0 Å². The van der Waals surface area contributed by atoms with Crippen LogP contribution in [0, 0.1) is 12.3 Å². The van der Waals surface area contributed by atoms with E-state index in [1.165, 1.54) is 0 Å². The number of nitrogens with two attached hydrogens (primary N) is 1. The van der Waals surface area contributed by atoms with Gasteiger partial charge in [-0.3, -0.25) is 0 Å². The van der Waals surface area contributed by atoms with E-state index < -0.39 is 0 Å². The van der Waals surface area contributed by atoms with Gasteiger partial charge in [0.05, 0.1) is 0 Å². The molecule has 2 N–H and O–H groups in total. The maximum Gasteiger partial charge on any atom is 0.105 e. The van der Waals surface area contributed by atoms with Crippen LogP contribution in [0.1, 0.15) is 19.7 Å². The molecule has 0 atom stereocenters. The highest BCUT2D eigenvalue weighted by Crippen LogP contribution is 2.13. The Morgan fingerprint density at radius 3 is 2.69 bits per heavy atom. The molecule has 92 valence electrons. The molecule has 1 aromatic rings. The van der Waals surface area contributed by atoms with Crippen LogP contribution in [0.4, 0.5) is 0 Å². The van der Waals surface area contributed by atoms with Crippen molar-refractivity contribution in [2.45, 2.75) is 27.3 Å². The molecule has 0 aliphatic carbocycles. The van der Waals surface area contributed by atoms with E-state index in [-0.39, 0.29) is 5.41 Å². The number of hydrogen-bond acceptors (Lipinski definition) is 3. The lowest BCUT2D eigenvalue weighted by Gasteiger charge is -2.29. The van der Waals surface area contributed by atoms with Gasteiger partial charge in [-0.05, 0) is 25.9 Å². The minimum atomic E-state index is 0.193. The first kappa shape index (κ1) is 13.2. The molecule has 0 aromatic carbocycles. The third kappa shape index (κ3) is 3.94. The number of rotatable bonds is 6. The second kappa shape index (κ2) is 5.46. The van der Waals surface area contributed by atoms with Gasteiger partial charge >= 0.3 is 0 Å². The average molecular weight is 224 g/mol. The molecule has 0 fully saturated rings. The maximum atomic E-state index is 5.73. The normalized spacial score (nSPS) is 12.4. The minimum absolute atomic E-state index is 0.193. The van der Waals surface area contributed by atoms with E-state index in [0.29, 0.717) is 0 Å². The lowest BCUT2D eigenvalue weighted by Crippen LogP contribution is -2.38. The quantitative estimate of drug-likeness (QED) is 0.787. The zero-order chi connectivity index (χ0) is 12.2. The van der Waals surface area contributed by atoms with Crippen molar-refractivity contribution in [1.29, 1.82) is 0 Å². The van der Waals surface area contributed by atoms with E-state index >= 15 is 0 Å². The van der Waals surface area contributed by atoms with E-state index in [4.69, 9.17) is 5.73 Å². The Morgan fingerprint density at radius 2 is 2.19 bits per heavy atom. The Labute approximate surface area is 98.5 Å². The van der Waals surface area contributed by atoms with Crippen LogP contribution in [0.2, 0.25) is 0 Å². The fraction of sp³-hybridized carbons (Fsp3) is 0.750. The summed E-state index contributed by atoms with van der Waals surface area (Å²) in [5.74, 6) is 1.08. The molecular formula is C12H24N4. The molecule has 0 spiro atoms. The minimum Gasteiger partial charge on any atom is -0.334 e. The summed E-state index contributed by atoms with van der Waals surface area (Å²) < 4.78 is 2.17. The van der Waals surface area contributed by atoms with Crippen molar-refractivity contribution in [2.75, 3.05) is 26.7 Å². The molecule has 0 saturated heterocycles. The predicted molar refractivity (Wildman–Crippen MR) is 67.3 cm³/mol. The fourth-order valence-corrected chi connectivity index (χ4v) is 1.79. The van der Waals surface area contributed by atoms with Crippen molar-refractivity contribution in [3.8, 4) is 0 Å². The Hall–Kier alpha value is -0.870. The summed E-state index contributed by atoms with van der Waals surface area (Å²) in [6.07, 6.45) is 3.87. The molecule has 0 aliphatic rings. The van der Waals surface area contributed by atoms with Crippen molar-refractivity contribution in [1.82, 2.24) is 14.5 Å². The first-order valence-corrected chi connectivity index (χ1v) is 5.81. The van der Waals surface area contributed by atoms with Gasteiger partial charge in [0.2, 0.25) is 0 Å². The standard InChI is InChI=1S/C12H24N4/c1-11-14-5-6-16(11)8-7-15(4)10-12(2,3)9-13/h5-6H,7-10,13H2,1-4H3. The lowest BCUT2D eigenvalue weighted by molar-refractivity contribution is 0.210. The van der Waals surface area contributed by atoms with Crippen LogP contribution in [0.25, 0.3) is 0 Å². The first-order valence-electron chi connectivity index (χ1n) is 5.81. The summed E-state index contributed by atoms with van der Waals surface area (Å²) in [5.41, 5.74) is 5.92. The highest BCUT2D eigenvalue weighted by Gasteiger charge is 2.17. The van der Waals surface area contributed by atoms with Crippen LogP contribution in [0.5, 0.6) is 0 Å². The molecular weight excluding hydrogens is 200 g/mol. The summed E-state index contributed by atoms with van der Waals surface area (Å²) in [4.78, 5) is 6.54. The van der Waals surface area contributed by atoms with Gasteiger partial charge in [0.15, 0.2) is 0 Å². The third-order valence-corrected chi connectivity index (χ3v) is 2.90. The van der Waals surface area contributed by atoms with Gasteiger partial charge in [0, 0.05) is 32.0 Å². The molecule has 0 aliphatic heterocycles. The zero-order valence-electron chi connectivity index (χ0n) is 10.9. The van der Waals surface area contributed by atoms with Crippen molar-refractivity contribution >= 4 is 0 Å². The fourth-order valence-electron chi connectivity index (χ4n) is 1.79. The number of imidazole rings is 1. The molecule has 16 heavy (non-hydrogen) atoms. The lowest BCUT2D eigenvalue weighted by atomic mass is 9.93. The molecule has 1 heterocycles. The maximum absolute atomic E-state index is 5.73. The molecule has 0 saturated carbocycles.